The minimum absolute atomic E-state index is 0.0265. The zero-order valence-electron chi connectivity index (χ0n) is 11.8. The highest BCUT2D eigenvalue weighted by Gasteiger charge is 2.15. The van der Waals surface area contributed by atoms with Gasteiger partial charge >= 0.3 is 0 Å². The van der Waals surface area contributed by atoms with Crippen LogP contribution < -0.4 is 5.32 Å². The number of hydrogen-bond donors (Lipinski definition) is 2. The van der Waals surface area contributed by atoms with Crippen molar-refractivity contribution in [2.24, 2.45) is 0 Å². The predicted molar refractivity (Wildman–Crippen MR) is 84.7 cm³/mol. The van der Waals surface area contributed by atoms with Gasteiger partial charge in [-0.3, -0.25) is 4.79 Å². The molecule has 110 valence electrons. The van der Waals surface area contributed by atoms with Crippen LogP contribution in [0.3, 0.4) is 0 Å². The van der Waals surface area contributed by atoms with Gasteiger partial charge in [-0.1, -0.05) is 55.3 Å². The van der Waals surface area contributed by atoms with Crippen molar-refractivity contribution in [1.29, 1.82) is 0 Å². The molecule has 0 bridgehead atoms. The number of carbonyl (C=O) groups is 1. The SMILES string of the molecule is CCC[C@H](NC(=O)c1ccc(O)c(Cl)c1)c1ccccc1. The fraction of sp³-hybridized carbons (Fsp3) is 0.235. The Bertz CT molecular complexity index is 613. The second-order valence-electron chi connectivity index (χ2n) is 4.89. The van der Waals surface area contributed by atoms with Gasteiger partial charge in [0.15, 0.2) is 0 Å². The number of aromatic hydroxyl groups is 1. The predicted octanol–water partition coefficient (Wildman–Crippen LogP) is 4.32. The lowest BCUT2D eigenvalue weighted by Crippen LogP contribution is -2.28. The van der Waals surface area contributed by atoms with Crippen LogP contribution in [0.4, 0.5) is 0 Å². The van der Waals surface area contributed by atoms with Crippen LogP contribution in [-0.4, -0.2) is 11.0 Å². The highest BCUT2D eigenvalue weighted by Crippen LogP contribution is 2.24. The van der Waals surface area contributed by atoms with Crippen molar-refractivity contribution in [3.8, 4) is 5.75 Å². The van der Waals surface area contributed by atoms with E-state index in [0.29, 0.717) is 5.56 Å². The largest absolute Gasteiger partial charge is 0.506 e. The molecule has 0 aliphatic rings. The van der Waals surface area contributed by atoms with E-state index in [1.807, 2.05) is 30.3 Å². The molecule has 0 radical (unpaired) electrons. The van der Waals surface area contributed by atoms with Gasteiger partial charge < -0.3 is 10.4 Å². The van der Waals surface area contributed by atoms with Crippen LogP contribution >= 0.6 is 11.6 Å². The fourth-order valence-corrected chi connectivity index (χ4v) is 2.37. The average Bonchev–Trinajstić information content (AvgIpc) is 2.50. The third-order valence-corrected chi connectivity index (χ3v) is 3.60. The van der Waals surface area contributed by atoms with E-state index < -0.39 is 0 Å². The first-order chi connectivity index (χ1) is 10.1. The van der Waals surface area contributed by atoms with Gasteiger partial charge in [-0.25, -0.2) is 0 Å². The molecule has 0 aliphatic carbocycles. The summed E-state index contributed by atoms with van der Waals surface area (Å²) in [5, 5.41) is 12.6. The quantitative estimate of drug-likeness (QED) is 0.864. The molecule has 2 N–H and O–H groups in total. The molecule has 0 saturated carbocycles. The zero-order chi connectivity index (χ0) is 15.2. The zero-order valence-corrected chi connectivity index (χ0v) is 12.6. The third-order valence-electron chi connectivity index (χ3n) is 3.29. The molecule has 1 atom stereocenters. The van der Waals surface area contributed by atoms with Crippen LogP contribution in [0.2, 0.25) is 5.02 Å². The number of rotatable bonds is 5. The van der Waals surface area contributed by atoms with Crippen molar-refractivity contribution in [3.63, 3.8) is 0 Å². The lowest BCUT2D eigenvalue weighted by Gasteiger charge is -2.18. The molecule has 0 aliphatic heterocycles. The summed E-state index contributed by atoms with van der Waals surface area (Å²) in [5.41, 5.74) is 1.52. The Hall–Kier alpha value is -2.00. The molecule has 21 heavy (non-hydrogen) atoms. The topological polar surface area (TPSA) is 49.3 Å². The number of benzene rings is 2. The molecule has 0 spiro atoms. The number of carbonyl (C=O) groups excluding carboxylic acids is 1. The Labute approximate surface area is 129 Å². The summed E-state index contributed by atoms with van der Waals surface area (Å²) in [5.74, 6) is -0.222. The van der Waals surface area contributed by atoms with Crippen LogP contribution in [0.15, 0.2) is 48.5 Å². The molecule has 1 amide bonds. The summed E-state index contributed by atoms with van der Waals surface area (Å²) in [4.78, 5) is 12.3. The summed E-state index contributed by atoms with van der Waals surface area (Å²) in [6.07, 6.45) is 1.83. The minimum atomic E-state index is -0.195. The smallest absolute Gasteiger partial charge is 0.251 e. The summed E-state index contributed by atoms with van der Waals surface area (Å²) in [6, 6.07) is 14.3. The second-order valence-corrected chi connectivity index (χ2v) is 5.30. The molecular formula is C17H18ClNO2. The van der Waals surface area contributed by atoms with Crippen molar-refractivity contribution in [1.82, 2.24) is 5.32 Å². The van der Waals surface area contributed by atoms with Crippen LogP contribution in [0, 0.1) is 0 Å². The van der Waals surface area contributed by atoms with E-state index in [4.69, 9.17) is 11.6 Å². The van der Waals surface area contributed by atoms with Crippen LogP contribution in [0.5, 0.6) is 5.75 Å². The lowest BCUT2D eigenvalue weighted by molar-refractivity contribution is 0.0934. The maximum absolute atomic E-state index is 12.3. The van der Waals surface area contributed by atoms with E-state index in [-0.39, 0.29) is 22.7 Å². The molecule has 0 fully saturated rings. The first-order valence-electron chi connectivity index (χ1n) is 6.96. The van der Waals surface area contributed by atoms with E-state index in [1.54, 1.807) is 6.07 Å². The van der Waals surface area contributed by atoms with Crippen molar-refractivity contribution in [3.05, 3.63) is 64.7 Å². The van der Waals surface area contributed by atoms with E-state index >= 15 is 0 Å². The Morgan fingerprint density at radius 3 is 2.57 bits per heavy atom. The molecular weight excluding hydrogens is 286 g/mol. The van der Waals surface area contributed by atoms with Gasteiger partial charge in [-0.15, -0.1) is 0 Å². The van der Waals surface area contributed by atoms with Gasteiger partial charge in [0, 0.05) is 5.56 Å². The van der Waals surface area contributed by atoms with Crippen molar-refractivity contribution < 1.29 is 9.90 Å². The molecule has 2 rings (SSSR count). The number of phenols is 1. The van der Waals surface area contributed by atoms with Crippen molar-refractivity contribution in [2.45, 2.75) is 25.8 Å². The standard InChI is InChI=1S/C17H18ClNO2/c1-2-6-15(12-7-4-3-5-8-12)19-17(21)13-9-10-16(20)14(18)11-13/h3-5,7-11,15,20H,2,6H2,1H3,(H,19,21)/t15-/m0/s1. The maximum atomic E-state index is 12.3. The van der Waals surface area contributed by atoms with Crippen molar-refractivity contribution in [2.75, 3.05) is 0 Å². The summed E-state index contributed by atoms with van der Waals surface area (Å²) < 4.78 is 0. The Balaban J connectivity index is 2.16. The van der Waals surface area contributed by atoms with Gasteiger partial charge in [0.1, 0.15) is 5.75 Å². The molecule has 0 unspecified atom stereocenters. The number of amides is 1. The van der Waals surface area contributed by atoms with Gasteiger partial charge in [0.05, 0.1) is 11.1 Å². The molecule has 0 heterocycles. The Morgan fingerprint density at radius 1 is 1.24 bits per heavy atom. The lowest BCUT2D eigenvalue weighted by atomic mass is 10.0. The fourth-order valence-electron chi connectivity index (χ4n) is 2.19. The van der Waals surface area contributed by atoms with Gasteiger partial charge in [0.25, 0.3) is 5.91 Å². The van der Waals surface area contributed by atoms with Crippen molar-refractivity contribution >= 4 is 17.5 Å². The average molecular weight is 304 g/mol. The maximum Gasteiger partial charge on any atom is 0.251 e. The molecule has 2 aromatic rings. The first-order valence-corrected chi connectivity index (χ1v) is 7.34. The number of phenolic OH excluding ortho intramolecular Hbond substituents is 1. The molecule has 0 saturated heterocycles. The number of nitrogens with one attached hydrogen (secondary N) is 1. The third kappa shape index (κ3) is 3.99. The first kappa shape index (κ1) is 15.4. The highest BCUT2D eigenvalue weighted by atomic mass is 35.5. The van der Waals surface area contributed by atoms with Crippen LogP contribution in [0.25, 0.3) is 0 Å². The van der Waals surface area contributed by atoms with Gasteiger partial charge in [-0.05, 0) is 30.2 Å². The Morgan fingerprint density at radius 2 is 1.95 bits per heavy atom. The molecule has 3 nitrogen and oxygen atoms in total. The highest BCUT2D eigenvalue weighted by molar-refractivity contribution is 6.32. The monoisotopic (exact) mass is 303 g/mol. The van der Waals surface area contributed by atoms with E-state index in [9.17, 15) is 9.90 Å². The summed E-state index contributed by atoms with van der Waals surface area (Å²) >= 11 is 5.84. The van der Waals surface area contributed by atoms with E-state index in [0.717, 1.165) is 18.4 Å². The molecule has 2 aromatic carbocycles. The second kappa shape index (κ2) is 7.14. The summed E-state index contributed by atoms with van der Waals surface area (Å²) in [7, 11) is 0. The summed E-state index contributed by atoms with van der Waals surface area (Å²) in [6.45, 7) is 2.08. The van der Waals surface area contributed by atoms with Crippen LogP contribution in [0.1, 0.15) is 41.7 Å². The molecule has 4 heteroatoms. The van der Waals surface area contributed by atoms with Gasteiger partial charge in [0.2, 0.25) is 0 Å². The minimum Gasteiger partial charge on any atom is -0.506 e. The normalized spacial score (nSPS) is 11.9. The molecule has 0 aromatic heterocycles. The number of hydrogen-bond acceptors (Lipinski definition) is 2. The Kier molecular flexibility index (Phi) is 5.23. The number of halogens is 1. The van der Waals surface area contributed by atoms with Gasteiger partial charge in [-0.2, -0.15) is 0 Å². The van der Waals surface area contributed by atoms with E-state index in [1.165, 1.54) is 12.1 Å². The van der Waals surface area contributed by atoms with Crippen LogP contribution in [-0.2, 0) is 0 Å². The van der Waals surface area contributed by atoms with E-state index in [2.05, 4.69) is 12.2 Å².